The van der Waals surface area contributed by atoms with Gasteiger partial charge in [-0.05, 0) is 59.4 Å². The Hall–Kier alpha value is -0.580. The van der Waals surface area contributed by atoms with Crippen molar-refractivity contribution in [1.82, 2.24) is 5.32 Å². The van der Waals surface area contributed by atoms with Gasteiger partial charge in [0.05, 0.1) is 10.1 Å². The van der Waals surface area contributed by atoms with Crippen LogP contribution in [0.1, 0.15) is 45.6 Å². The summed E-state index contributed by atoms with van der Waals surface area (Å²) in [5, 5.41) is 13.6. The van der Waals surface area contributed by atoms with Crippen LogP contribution < -0.4 is 10.1 Å². The lowest BCUT2D eigenvalue weighted by molar-refractivity contribution is -0.0115. The van der Waals surface area contributed by atoms with Crippen molar-refractivity contribution >= 4 is 15.9 Å². The van der Waals surface area contributed by atoms with Crippen molar-refractivity contribution in [3.8, 4) is 5.75 Å². The summed E-state index contributed by atoms with van der Waals surface area (Å²) in [6.07, 6.45) is 2.52. The zero-order valence-electron chi connectivity index (χ0n) is 12.7. The zero-order valence-corrected chi connectivity index (χ0v) is 14.3. The summed E-state index contributed by atoms with van der Waals surface area (Å²) in [5.41, 5.74) is 0.486. The highest BCUT2D eigenvalue weighted by Crippen LogP contribution is 2.27. The van der Waals surface area contributed by atoms with Gasteiger partial charge in [0, 0.05) is 6.54 Å². The first kappa shape index (κ1) is 17.5. The van der Waals surface area contributed by atoms with E-state index in [1.165, 1.54) is 5.56 Å². The van der Waals surface area contributed by atoms with Crippen LogP contribution in [0.5, 0.6) is 5.75 Å². The molecule has 114 valence electrons. The number of hydrogen-bond acceptors (Lipinski definition) is 3. The molecule has 0 spiro atoms. The number of rotatable bonds is 9. The van der Waals surface area contributed by atoms with E-state index < -0.39 is 5.60 Å². The van der Waals surface area contributed by atoms with Crippen LogP contribution in [0.4, 0.5) is 0 Å². The molecule has 0 saturated carbocycles. The van der Waals surface area contributed by atoms with Crippen LogP contribution in [0.3, 0.4) is 0 Å². The van der Waals surface area contributed by atoms with Crippen molar-refractivity contribution in [2.45, 2.75) is 52.2 Å². The molecular formula is C16H26BrNO2. The molecule has 4 heteroatoms. The van der Waals surface area contributed by atoms with Gasteiger partial charge in [0.1, 0.15) is 12.4 Å². The maximum atomic E-state index is 10.2. The number of halogens is 1. The first-order valence-electron chi connectivity index (χ1n) is 7.39. The summed E-state index contributed by atoms with van der Waals surface area (Å²) in [4.78, 5) is 0. The fourth-order valence-electron chi connectivity index (χ4n) is 1.85. The molecular weight excluding hydrogens is 318 g/mol. The van der Waals surface area contributed by atoms with Crippen molar-refractivity contribution in [3.63, 3.8) is 0 Å². The zero-order chi connectivity index (χ0) is 15.0. The number of benzene rings is 1. The van der Waals surface area contributed by atoms with Crippen molar-refractivity contribution < 1.29 is 9.84 Å². The highest BCUT2D eigenvalue weighted by Gasteiger charge is 2.23. The van der Waals surface area contributed by atoms with Crippen LogP contribution in [-0.4, -0.2) is 23.9 Å². The predicted molar refractivity (Wildman–Crippen MR) is 87.2 cm³/mol. The predicted octanol–water partition coefficient (Wildman–Crippen LogP) is 3.88. The number of ether oxygens (including phenoxy) is 1. The van der Waals surface area contributed by atoms with E-state index in [4.69, 9.17) is 4.74 Å². The molecule has 1 rings (SSSR count). The molecule has 0 fully saturated rings. The molecule has 1 aromatic carbocycles. The molecule has 0 atom stereocenters. The summed E-state index contributed by atoms with van der Waals surface area (Å²) >= 11 is 3.53. The molecule has 0 unspecified atom stereocenters. The average Bonchev–Trinajstić information content (AvgIpc) is 2.46. The molecule has 0 bridgehead atoms. The molecule has 0 amide bonds. The number of aliphatic hydroxyl groups is 1. The van der Waals surface area contributed by atoms with E-state index >= 15 is 0 Å². The molecule has 0 aliphatic carbocycles. The minimum atomic E-state index is -0.735. The SMILES string of the molecule is CCCNCc1ccc(OCC(O)(CC)CC)c(Br)c1. The van der Waals surface area contributed by atoms with Gasteiger partial charge in [-0.25, -0.2) is 0 Å². The Kier molecular flexibility index (Phi) is 7.56. The normalized spacial score (nSPS) is 11.7. The smallest absolute Gasteiger partial charge is 0.133 e. The maximum absolute atomic E-state index is 10.2. The minimum Gasteiger partial charge on any atom is -0.489 e. The fraction of sp³-hybridized carbons (Fsp3) is 0.625. The molecule has 2 N–H and O–H groups in total. The van der Waals surface area contributed by atoms with Crippen LogP contribution in [0.2, 0.25) is 0 Å². The largest absolute Gasteiger partial charge is 0.489 e. The Morgan fingerprint density at radius 1 is 1.25 bits per heavy atom. The second-order valence-electron chi connectivity index (χ2n) is 5.16. The highest BCUT2D eigenvalue weighted by atomic mass is 79.9. The van der Waals surface area contributed by atoms with Crippen molar-refractivity contribution in [3.05, 3.63) is 28.2 Å². The summed E-state index contributed by atoms with van der Waals surface area (Å²) in [6, 6.07) is 6.08. The fourth-order valence-corrected chi connectivity index (χ4v) is 2.39. The third kappa shape index (κ3) is 5.43. The van der Waals surface area contributed by atoms with Crippen LogP contribution >= 0.6 is 15.9 Å². The number of hydrogen-bond donors (Lipinski definition) is 2. The average molecular weight is 344 g/mol. The van der Waals surface area contributed by atoms with Crippen LogP contribution in [-0.2, 0) is 6.54 Å². The monoisotopic (exact) mass is 343 g/mol. The van der Waals surface area contributed by atoms with Crippen LogP contribution in [0.25, 0.3) is 0 Å². The van der Waals surface area contributed by atoms with E-state index in [1.54, 1.807) is 0 Å². The third-order valence-electron chi connectivity index (χ3n) is 3.56. The van der Waals surface area contributed by atoms with Gasteiger partial charge in [-0.3, -0.25) is 0 Å². The van der Waals surface area contributed by atoms with E-state index in [2.05, 4.69) is 40.3 Å². The van der Waals surface area contributed by atoms with Gasteiger partial charge in [0.15, 0.2) is 0 Å². The Morgan fingerprint density at radius 3 is 2.50 bits per heavy atom. The topological polar surface area (TPSA) is 41.5 Å². The Bertz CT molecular complexity index is 405. The molecule has 0 aliphatic rings. The van der Waals surface area contributed by atoms with E-state index in [-0.39, 0.29) is 0 Å². The Morgan fingerprint density at radius 2 is 1.95 bits per heavy atom. The second kappa shape index (κ2) is 8.65. The van der Waals surface area contributed by atoms with Crippen LogP contribution in [0, 0.1) is 0 Å². The molecule has 0 aromatic heterocycles. The minimum absolute atomic E-state index is 0.325. The summed E-state index contributed by atoms with van der Waals surface area (Å²) in [7, 11) is 0. The first-order chi connectivity index (χ1) is 9.54. The van der Waals surface area contributed by atoms with Gasteiger partial charge in [-0.1, -0.05) is 26.8 Å². The third-order valence-corrected chi connectivity index (χ3v) is 4.18. The van der Waals surface area contributed by atoms with Gasteiger partial charge in [0.2, 0.25) is 0 Å². The van der Waals surface area contributed by atoms with Gasteiger partial charge in [-0.15, -0.1) is 0 Å². The molecule has 0 aliphatic heterocycles. The molecule has 1 aromatic rings. The van der Waals surface area contributed by atoms with Gasteiger partial charge < -0.3 is 15.2 Å². The summed E-state index contributed by atoms with van der Waals surface area (Å²) < 4.78 is 6.68. The van der Waals surface area contributed by atoms with E-state index in [9.17, 15) is 5.11 Å². The first-order valence-corrected chi connectivity index (χ1v) is 8.18. The lowest BCUT2D eigenvalue weighted by atomic mass is 9.99. The van der Waals surface area contributed by atoms with E-state index in [0.717, 1.165) is 29.7 Å². The van der Waals surface area contributed by atoms with Crippen molar-refractivity contribution in [2.75, 3.05) is 13.2 Å². The summed E-state index contributed by atoms with van der Waals surface area (Å²) in [6.45, 7) is 8.32. The van der Waals surface area contributed by atoms with Gasteiger partial charge >= 0.3 is 0 Å². The molecule has 0 radical (unpaired) electrons. The Balaban J connectivity index is 2.59. The van der Waals surface area contributed by atoms with Crippen LogP contribution in [0.15, 0.2) is 22.7 Å². The van der Waals surface area contributed by atoms with Crippen molar-refractivity contribution in [2.24, 2.45) is 0 Å². The van der Waals surface area contributed by atoms with E-state index in [1.807, 2.05) is 19.9 Å². The highest BCUT2D eigenvalue weighted by molar-refractivity contribution is 9.10. The Labute approximate surface area is 130 Å². The number of nitrogens with one attached hydrogen (secondary N) is 1. The summed E-state index contributed by atoms with van der Waals surface area (Å²) in [5.74, 6) is 0.782. The molecule has 0 heterocycles. The molecule has 20 heavy (non-hydrogen) atoms. The van der Waals surface area contributed by atoms with E-state index in [0.29, 0.717) is 19.4 Å². The lowest BCUT2D eigenvalue weighted by Crippen LogP contribution is -2.34. The quantitative estimate of drug-likeness (QED) is 0.668. The lowest BCUT2D eigenvalue weighted by Gasteiger charge is -2.25. The molecule has 0 saturated heterocycles. The maximum Gasteiger partial charge on any atom is 0.133 e. The van der Waals surface area contributed by atoms with Gasteiger partial charge in [0.25, 0.3) is 0 Å². The molecule has 3 nitrogen and oxygen atoms in total. The standard InChI is InChI=1S/C16H26BrNO2/c1-4-9-18-11-13-7-8-15(14(17)10-13)20-12-16(19,5-2)6-3/h7-8,10,18-19H,4-6,9,11-12H2,1-3H3. The van der Waals surface area contributed by atoms with Crippen molar-refractivity contribution in [1.29, 1.82) is 0 Å². The van der Waals surface area contributed by atoms with Gasteiger partial charge in [-0.2, -0.15) is 0 Å². The second-order valence-corrected chi connectivity index (χ2v) is 6.02.